The number of benzene rings is 1. The number of nitrogens with zero attached hydrogens (tertiary/aromatic N) is 2. The second-order valence-corrected chi connectivity index (χ2v) is 8.90. The van der Waals surface area contributed by atoms with Crippen molar-refractivity contribution in [1.82, 2.24) is 15.1 Å². The highest BCUT2D eigenvalue weighted by Gasteiger charge is 2.47. The number of fused-ring (bicyclic) bond motifs is 1. The first-order valence-corrected chi connectivity index (χ1v) is 12.0. The number of allylic oxidation sites excluding steroid dienone is 2. The summed E-state index contributed by atoms with van der Waals surface area (Å²) in [5, 5.41) is 2.91. The monoisotopic (exact) mass is 453 g/mol. The molecule has 7 nitrogen and oxygen atoms in total. The number of hydrogen-bond acceptors (Lipinski definition) is 4. The molecule has 1 heterocycles. The molecule has 1 aromatic rings. The average Bonchev–Trinajstić information content (AvgIpc) is 3.06. The van der Waals surface area contributed by atoms with Crippen molar-refractivity contribution in [2.45, 2.75) is 65.5 Å². The van der Waals surface area contributed by atoms with Gasteiger partial charge in [-0.1, -0.05) is 50.3 Å². The molecule has 4 amide bonds. The van der Waals surface area contributed by atoms with E-state index >= 15 is 0 Å². The molecule has 0 radical (unpaired) electrons. The number of carbonyl (C=O) groups is 4. The molecule has 0 aromatic heterocycles. The van der Waals surface area contributed by atoms with Crippen molar-refractivity contribution in [1.29, 1.82) is 0 Å². The van der Waals surface area contributed by atoms with Crippen LogP contribution in [0.15, 0.2) is 36.4 Å². The Bertz CT molecular complexity index is 900. The molecule has 1 aliphatic heterocycles. The summed E-state index contributed by atoms with van der Waals surface area (Å²) >= 11 is 0. The third kappa shape index (κ3) is 5.52. The molecule has 1 N–H and O–H groups in total. The molecule has 2 aliphatic rings. The maximum atomic E-state index is 13.4. The number of aryl methyl sites for hydroxylation is 1. The Balaban J connectivity index is 1.75. The highest BCUT2D eigenvalue weighted by atomic mass is 16.2. The van der Waals surface area contributed by atoms with E-state index < -0.39 is 6.04 Å². The van der Waals surface area contributed by atoms with Crippen LogP contribution in [0, 0.1) is 18.8 Å². The van der Waals surface area contributed by atoms with Crippen LogP contribution in [0.5, 0.6) is 0 Å². The predicted octanol–water partition coefficient (Wildman–Crippen LogP) is 2.97. The summed E-state index contributed by atoms with van der Waals surface area (Å²) in [6, 6.07) is 7.18. The Hall–Kier alpha value is -2.96. The smallest absolute Gasteiger partial charge is 0.242 e. The number of carbonyl (C=O) groups excluding carboxylic acids is 4. The molecule has 0 saturated carbocycles. The van der Waals surface area contributed by atoms with Gasteiger partial charge in [-0.15, -0.1) is 0 Å². The van der Waals surface area contributed by atoms with E-state index in [1.807, 2.05) is 57.2 Å². The van der Waals surface area contributed by atoms with E-state index in [-0.39, 0.29) is 48.4 Å². The lowest BCUT2D eigenvalue weighted by molar-refractivity contribution is -0.144. The summed E-state index contributed by atoms with van der Waals surface area (Å²) in [4.78, 5) is 54.7. The standard InChI is InChI=1S/C26H35N3O4/c1-4-15-27-24(31)22(5-2)29(17-19-11-7-6-10-18(19)3)23(30)14-16-28-25(32)20-12-8-9-13-21(20)26(28)33/h6-11,20-22H,4-5,12-17H2,1-3H3,(H,27,31)/t20-,21+,22?. The molecular formula is C26H35N3O4. The third-order valence-electron chi connectivity index (χ3n) is 6.69. The molecular weight excluding hydrogens is 418 g/mol. The van der Waals surface area contributed by atoms with Crippen molar-refractivity contribution < 1.29 is 19.2 Å². The maximum absolute atomic E-state index is 13.4. The summed E-state index contributed by atoms with van der Waals surface area (Å²) < 4.78 is 0. The summed E-state index contributed by atoms with van der Waals surface area (Å²) in [6.45, 7) is 6.76. The summed E-state index contributed by atoms with van der Waals surface area (Å²) in [5.41, 5.74) is 2.01. The normalized spacial score (nSPS) is 20.5. The number of hydrogen-bond donors (Lipinski definition) is 1. The highest BCUT2D eigenvalue weighted by molar-refractivity contribution is 6.05. The zero-order valence-electron chi connectivity index (χ0n) is 19.9. The van der Waals surface area contributed by atoms with Crippen molar-refractivity contribution in [3.63, 3.8) is 0 Å². The minimum absolute atomic E-state index is 0.00773. The van der Waals surface area contributed by atoms with Gasteiger partial charge in [-0.25, -0.2) is 0 Å². The third-order valence-corrected chi connectivity index (χ3v) is 6.69. The van der Waals surface area contributed by atoms with E-state index in [4.69, 9.17) is 0 Å². The van der Waals surface area contributed by atoms with Gasteiger partial charge in [0.25, 0.3) is 0 Å². The van der Waals surface area contributed by atoms with Crippen LogP contribution in [-0.4, -0.2) is 52.6 Å². The van der Waals surface area contributed by atoms with E-state index in [9.17, 15) is 19.2 Å². The van der Waals surface area contributed by atoms with Crippen LogP contribution >= 0.6 is 0 Å². The van der Waals surface area contributed by atoms with Gasteiger partial charge in [-0.05, 0) is 43.7 Å². The Kier molecular flexibility index (Phi) is 8.42. The van der Waals surface area contributed by atoms with E-state index in [0.29, 0.717) is 32.4 Å². The van der Waals surface area contributed by atoms with Crippen LogP contribution in [0.4, 0.5) is 0 Å². The average molecular weight is 454 g/mol. The SMILES string of the molecule is CCCNC(=O)C(CC)N(Cc1ccccc1C)C(=O)CCN1C(=O)[C@H]2CC=CC[C@H]2C1=O. The van der Waals surface area contributed by atoms with Crippen molar-refractivity contribution in [3.8, 4) is 0 Å². The van der Waals surface area contributed by atoms with Crippen molar-refractivity contribution in [2.24, 2.45) is 11.8 Å². The first kappa shape index (κ1) is 24.7. The van der Waals surface area contributed by atoms with Crippen LogP contribution in [0.1, 0.15) is 57.1 Å². The molecule has 3 atom stereocenters. The predicted molar refractivity (Wildman–Crippen MR) is 126 cm³/mol. The minimum atomic E-state index is -0.611. The van der Waals surface area contributed by atoms with Crippen molar-refractivity contribution in [2.75, 3.05) is 13.1 Å². The van der Waals surface area contributed by atoms with Crippen LogP contribution in [0.2, 0.25) is 0 Å². The second-order valence-electron chi connectivity index (χ2n) is 8.90. The van der Waals surface area contributed by atoms with Gasteiger partial charge in [0.15, 0.2) is 0 Å². The molecule has 33 heavy (non-hydrogen) atoms. The summed E-state index contributed by atoms with van der Waals surface area (Å²) in [5.74, 6) is -1.37. The van der Waals surface area contributed by atoms with Gasteiger partial charge in [0.2, 0.25) is 23.6 Å². The van der Waals surface area contributed by atoms with Gasteiger partial charge >= 0.3 is 0 Å². The molecule has 1 saturated heterocycles. The van der Waals surface area contributed by atoms with Gasteiger partial charge in [0.1, 0.15) is 6.04 Å². The molecule has 1 fully saturated rings. The van der Waals surface area contributed by atoms with Gasteiger partial charge in [-0.3, -0.25) is 24.1 Å². The van der Waals surface area contributed by atoms with Crippen LogP contribution in [0.3, 0.4) is 0 Å². The van der Waals surface area contributed by atoms with Crippen LogP contribution < -0.4 is 5.32 Å². The number of imide groups is 1. The first-order chi connectivity index (χ1) is 15.9. The molecule has 0 spiro atoms. The van der Waals surface area contributed by atoms with Gasteiger partial charge in [-0.2, -0.15) is 0 Å². The summed E-state index contributed by atoms with van der Waals surface area (Å²) in [6.07, 6.45) is 6.35. The van der Waals surface area contributed by atoms with Gasteiger partial charge < -0.3 is 10.2 Å². The topological polar surface area (TPSA) is 86.8 Å². The van der Waals surface area contributed by atoms with Crippen molar-refractivity contribution in [3.05, 3.63) is 47.5 Å². The Morgan fingerprint density at radius 1 is 1.09 bits per heavy atom. The molecule has 1 aromatic carbocycles. The fourth-order valence-electron chi connectivity index (χ4n) is 4.70. The van der Waals surface area contributed by atoms with Gasteiger partial charge in [0, 0.05) is 26.1 Å². The molecule has 1 unspecified atom stereocenters. The second kappa shape index (κ2) is 11.3. The molecule has 7 heteroatoms. The molecule has 1 aliphatic carbocycles. The summed E-state index contributed by atoms with van der Waals surface area (Å²) in [7, 11) is 0. The lowest BCUT2D eigenvalue weighted by Gasteiger charge is -2.31. The molecule has 0 bridgehead atoms. The molecule has 178 valence electrons. The lowest BCUT2D eigenvalue weighted by Crippen LogP contribution is -2.50. The van der Waals surface area contributed by atoms with E-state index in [1.54, 1.807) is 4.90 Å². The zero-order valence-corrected chi connectivity index (χ0v) is 19.9. The van der Waals surface area contributed by atoms with E-state index in [2.05, 4.69) is 5.32 Å². The minimum Gasteiger partial charge on any atom is -0.354 e. The quantitative estimate of drug-likeness (QED) is 0.436. The molecule has 3 rings (SSSR count). The van der Waals surface area contributed by atoms with E-state index in [0.717, 1.165) is 17.5 Å². The fourth-order valence-corrected chi connectivity index (χ4v) is 4.70. The Morgan fingerprint density at radius 2 is 1.73 bits per heavy atom. The number of nitrogens with one attached hydrogen (secondary N) is 1. The fraction of sp³-hybridized carbons (Fsp3) is 0.538. The zero-order chi connectivity index (χ0) is 24.0. The lowest BCUT2D eigenvalue weighted by atomic mass is 9.85. The maximum Gasteiger partial charge on any atom is 0.242 e. The van der Waals surface area contributed by atoms with Crippen LogP contribution in [-0.2, 0) is 25.7 Å². The first-order valence-electron chi connectivity index (χ1n) is 12.0. The highest BCUT2D eigenvalue weighted by Crippen LogP contribution is 2.35. The number of amides is 4. The van der Waals surface area contributed by atoms with Crippen molar-refractivity contribution >= 4 is 23.6 Å². The number of likely N-dealkylation sites (tertiary alicyclic amines) is 1. The Morgan fingerprint density at radius 3 is 2.30 bits per heavy atom. The van der Waals surface area contributed by atoms with Crippen LogP contribution in [0.25, 0.3) is 0 Å². The Labute approximate surface area is 196 Å². The number of rotatable bonds is 10. The van der Waals surface area contributed by atoms with Gasteiger partial charge in [0.05, 0.1) is 11.8 Å². The van der Waals surface area contributed by atoms with E-state index in [1.165, 1.54) is 4.90 Å². The largest absolute Gasteiger partial charge is 0.354 e.